The fourth-order valence-electron chi connectivity index (χ4n) is 9.69. The van der Waals surface area contributed by atoms with Crippen LogP contribution in [0.5, 0.6) is 0 Å². The molecule has 0 aliphatic carbocycles. The van der Waals surface area contributed by atoms with Crippen LogP contribution in [0.4, 0.5) is 20.2 Å². The average molecular weight is 1130 g/mol. The van der Waals surface area contributed by atoms with Gasteiger partial charge in [0.1, 0.15) is 11.4 Å². The van der Waals surface area contributed by atoms with Crippen molar-refractivity contribution < 1.29 is 33.1 Å². The van der Waals surface area contributed by atoms with Crippen LogP contribution in [0.25, 0.3) is 56.0 Å². The van der Waals surface area contributed by atoms with Crippen LogP contribution in [-0.4, -0.2) is 206 Å². The largest absolute Gasteiger partial charge is 0.475 e. The molecule has 12 rings (SSSR count). The summed E-state index contributed by atoms with van der Waals surface area (Å²) in [5.74, 6) is -5.33. The number of halogens is 2. The molecule has 8 aromatic heterocycles. The summed E-state index contributed by atoms with van der Waals surface area (Å²) >= 11 is 0. The van der Waals surface area contributed by atoms with Gasteiger partial charge in [0.25, 0.3) is 17.5 Å². The molecule has 2 aliphatic rings. The minimum atomic E-state index is -1.66. The molecule has 4 N–H and O–H groups in total. The Balaban J connectivity index is 0.000000154. The van der Waals surface area contributed by atoms with Gasteiger partial charge in [0.05, 0.1) is 94.6 Å². The van der Waals surface area contributed by atoms with E-state index in [4.69, 9.17) is 15.3 Å². The smallest absolute Gasteiger partial charge is 0.377 e. The molecule has 428 valence electrons. The molecule has 0 saturated carbocycles. The van der Waals surface area contributed by atoms with Crippen molar-refractivity contribution in [3.05, 3.63) is 145 Å². The van der Waals surface area contributed by atoms with E-state index >= 15 is 0 Å². The Kier molecular flexibility index (Phi) is 17.2. The van der Waals surface area contributed by atoms with E-state index in [1.807, 2.05) is 55.3 Å². The number of fused-ring (bicyclic) bond motifs is 2. The maximum Gasteiger partial charge on any atom is 0.377 e. The molecule has 0 atom stereocenters. The number of ketones is 2. The van der Waals surface area contributed by atoms with Gasteiger partial charge in [0.2, 0.25) is 0 Å². The highest BCUT2D eigenvalue weighted by atomic mass is 19.1. The number of aliphatic carboxylic acids is 1. The van der Waals surface area contributed by atoms with Crippen molar-refractivity contribution in [1.29, 1.82) is 0 Å². The van der Waals surface area contributed by atoms with Gasteiger partial charge in [0, 0.05) is 101 Å². The molecule has 27 heteroatoms. The lowest BCUT2D eigenvalue weighted by atomic mass is 10.1. The molecular formula is C56H60F2N20O5. The highest BCUT2D eigenvalue weighted by Crippen LogP contribution is 2.33. The third kappa shape index (κ3) is 12.6. The van der Waals surface area contributed by atoms with E-state index in [0.29, 0.717) is 26.2 Å². The third-order valence-corrected chi connectivity index (χ3v) is 13.9. The van der Waals surface area contributed by atoms with Gasteiger partial charge >= 0.3 is 5.97 Å². The summed E-state index contributed by atoms with van der Waals surface area (Å²) in [6.45, 7) is 9.42. The number of carboxylic acids is 1. The summed E-state index contributed by atoms with van der Waals surface area (Å²) in [7, 11) is 8.24. The lowest BCUT2D eigenvalue weighted by Crippen LogP contribution is -2.50. The van der Waals surface area contributed by atoms with Crippen LogP contribution in [0.2, 0.25) is 0 Å². The molecule has 2 aliphatic heterocycles. The molecule has 2 saturated heterocycles. The molecule has 2 aromatic carbocycles. The average Bonchev–Trinajstić information content (AvgIpc) is 4.55. The van der Waals surface area contributed by atoms with Gasteiger partial charge in [-0.1, -0.05) is 71.1 Å². The highest BCUT2D eigenvalue weighted by Gasteiger charge is 2.32. The maximum atomic E-state index is 14.9. The number of hydrogen-bond acceptors (Lipinski definition) is 17. The summed E-state index contributed by atoms with van der Waals surface area (Å²) in [5, 5.41) is 36.7. The van der Waals surface area contributed by atoms with Gasteiger partial charge in [-0.2, -0.15) is 10.2 Å². The Morgan fingerprint density at radius 2 is 1.05 bits per heavy atom. The fraction of sp³-hybridized carbons (Fsp3) is 0.286. The number of nitrogens with zero attached hydrogens (tertiary/aromatic N) is 17. The van der Waals surface area contributed by atoms with E-state index in [-0.39, 0.29) is 44.6 Å². The van der Waals surface area contributed by atoms with E-state index in [2.05, 4.69) is 121 Å². The number of Topliss-reactive ketones (excluding diaryl/α,β-unsaturated/α-hetero) is 2. The van der Waals surface area contributed by atoms with Crippen LogP contribution in [0.15, 0.2) is 123 Å². The molecular weight excluding hydrogens is 1070 g/mol. The normalized spacial score (nSPS) is 13.6. The third-order valence-electron chi connectivity index (χ3n) is 13.9. The number of aromatic amines is 2. The maximum absolute atomic E-state index is 14.9. The first kappa shape index (κ1) is 56.4. The number of nitrogens with one attached hydrogen (secondary N) is 3. The topological polar surface area (TPSA) is 271 Å². The number of benzene rings is 2. The summed E-state index contributed by atoms with van der Waals surface area (Å²) in [4.78, 5) is 72.8. The number of likely N-dealkylation sites (N-methyl/N-ethyl adjacent to an activating group) is 2. The van der Waals surface area contributed by atoms with Crippen molar-refractivity contribution >= 4 is 56.6 Å². The van der Waals surface area contributed by atoms with Crippen molar-refractivity contribution in [3.63, 3.8) is 0 Å². The first-order valence-electron chi connectivity index (χ1n) is 26.7. The zero-order chi connectivity index (χ0) is 58.1. The van der Waals surface area contributed by atoms with Gasteiger partial charge in [-0.3, -0.25) is 23.7 Å². The number of H-pyrrole nitrogens is 2. The second-order valence-corrected chi connectivity index (χ2v) is 20.0. The number of amides is 1. The van der Waals surface area contributed by atoms with Gasteiger partial charge in [-0.05, 0) is 28.2 Å². The van der Waals surface area contributed by atoms with Crippen LogP contribution in [0.3, 0.4) is 0 Å². The number of pyridine rings is 2. The van der Waals surface area contributed by atoms with E-state index < -0.39 is 35.1 Å². The number of aromatic nitrogens is 14. The molecule has 0 unspecified atom stereocenters. The van der Waals surface area contributed by atoms with E-state index in [1.165, 1.54) is 50.3 Å². The van der Waals surface area contributed by atoms with Crippen molar-refractivity contribution in [2.75, 3.05) is 103 Å². The summed E-state index contributed by atoms with van der Waals surface area (Å²) < 4.78 is 35.4. The van der Waals surface area contributed by atoms with Crippen molar-refractivity contribution in [1.82, 2.24) is 89.5 Å². The van der Waals surface area contributed by atoms with E-state index in [9.17, 15) is 28.0 Å². The number of carboxylic acid groups (broad SMARTS) is 1. The molecule has 10 aromatic rings. The number of piperazine rings is 2. The summed E-state index contributed by atoms with van der Waals surface area (Å²) in [5.41, 5.74) is 6.55. The quantitative estimate of drug-likeness (QED) is 0.0775. The predicted molar refractivity (Wildman–Crippen MR) is 305 cm³/mol. The summed E-state index contributed by atoms with van der Waals surface area (Å²) in [6.07, 6.45) is 14.5. The Hall–Kier alpha value is -9.86. The first-order chi connectivity index (χ1) is 40.2. The van der Waals surface area contributed by atoms with Crippen molar-refractivity contribution in [2.24, 2.45) is 0 Å². The Labute approximate surface area is 473 Å². The van der Waals surface area contributed by atoms with Gasteiger partial charge in [0.15, 0.2) is 23.3 Å². The second-order valence-electron chi connectivity index (χ2n) is 20.0. The molecule has 1 amide bonds. The molecule has 0 radical (unpaired) electrons. The zero-order valence-corrected chi connectivity index (χ0v) is 46.0. The molecule has 25 nitrogen and oxygen atoms in total. The van der Waals surface area contributed by atoms with Gasteiger partial charge < -0.3 is 44.9 Å². The SMILES string of the molecule is CN(C)CCn1cc(N2CCN(C(=O)C(=O)c3c[nH]c4c(-n5ccnn5)ncc(F)c34)CC2)c(-c2ccccc2)n1.CN(C)CCn1cc(N2CCNCC2)c(-c2ccccc2)n1.O=C(O)C(=O)c1c[nH]c2c(-n3ccnn3)ncc(F)c12. The molecule has 83 heavy (non-hydrogen) atoms. The summed E-state index contributed by atoms with van der Waals surface area (Å²) in [6, 6.07) is 20.5. The number of anilines is 2. The number of carbonyl (C=O) groups is 4. The second kappa shape index (κ2) is 25.3. The Morgan fingerprint density at radius 1 is 0.602 bits per heavy atom. The number of hydrogen-bond donors (Lipinski definition) is 4. The predicted octanol–water partition coefficient (Wildman–Crippen LogP) is 4.31. The van der Waals surface area contributed by atoms with Gasteiger partial charge in [-0.15, -0.1) is 10.2 Å². The number of carbonyl (C=O) groups excluding carboxylic acids is 3. The molecule has 0 spiro atoms. The minimum Gasteiger partial charge on any atom is -0.475 e. The van der Waals surface area contributed by atoms with Crippen molar-refractivity contribution in [2.45, 2.75) is 13.1 Å². The molecule has 10 heterocycles. The van der Waals surface area contributed by atoms with E-state index in [1.54, 1.807) is 6.20 Å². The minimum absolute atomic E-state index is 0.000118. The number of rotatable bonds is 16. The monoisotopic (exact) mass is 1130 g/mol. The zero-order valence-electron chi connectivity index (χ0n) is 46.0. The van der Waals surface area contributed by atoms with Crippen LogP contribution in [-0.2, 0) is 22.7 Å². The van der Waals surface area contributed by atoms with E-state index in [0.717, 1.165) is 93.6 Å². The molecule has 2 fully saturated rings. The lowest BCUT2D eigenvalue weighted by molar-refractivity contribution is -0.131. The highest BCUT2D eigenvalue weighted by molar-refractivity contribution is 6.45. The van der Waals surface area contributed by atoms with Crippen LogP contribution < -0.4 is 15.1 Å². The lowest BCUT2D eigenvalue weighted by Gasteiger charge is -2.35. The van der Waals surface area contributed by atoms with Crippen LogP contribution >= 0.6 is 0 Å². The standard InChI is InChI=1S/C28H29FN10O2.C17H25N5.C11H6FN5O3/c1-35(2)10-15-38-18-22(24(33-38)19-6-4-3-5-7-19)36-11-13-37(14-12-36)28(41)26(40)20-16-30-25-23(20)21(29)17-31-27(25)39-9-8-32-34-39;1-20(2)12-13-22-14-16(21-10-8-18-9-11-21)17(19-22)15-6-4-3-5-7-15;12-6-4-14-10(17-2-1-15-16-17)8-7(6)5(3-13-8)9(18)11(19)20/h3-9,16-18,30H,10-15H2,1-2H3;3-7,14,18H,8-13H2,1-2H3;1-4,13H,(H,19,20). The van der Waals surface area contributed by atoms with Crippen LogP contribution in [0.1, 0.15) is 20.7 Å². The Morgan fingerprint density at radius 3 is 1.47 bits per heavy atom. The first-order valence-corrected chi connectivity index (χ1v) is 26.7. The fourth-order valence-corrected chi connectivity index (χ4v) is 9.69. The molecule has 0 bridgehead atoms. The van der Waals surface area contributed by atoms with Crippen molar-refractivity contribution in [3.8, 4) is 34.2 Å². The Bertz CT molecular complexity index is 3840. The van der Waals surface area contributed by atoms with Crippen LogP contribution in [0, 0.1) is 11.6 Å². The van der Waals surface area contributed by atoms with Gasteiger partial charge in [-0.25, -0.2) is 32.9 Å².